The number of amides is 2. The largest absolute Gasteiger partial charge is 0.508 e. The van der Waals surface area contributed by atoms with Crippen LogP contribution in [0.2, 0.25) is 5.02 Å². The number of rotatable bonds is 3. The first kappa shape index (κ1) is 24.4. The number of nitrogens with zero attached hydrogens (tertiary/aromatic N) is 1. The molecule has 3 aliphatic carbocycles. The molecule has 1 fully saturated rings. The molecule has 0 spiro atoms. The summed E-state index contributed by atoms with van der Waals surface area (Å²) in [6.45, 7) is 1.60. The highest BCUT2D eigenvalue weighted by molar-refractivity contribution is 6.31. The first-order chi connectivity index (χ1) is 18.2. The van der Waals surface area contributed by atoms with Crippen molar-refractivity contribution in [3.05, 3.63) is 87.5 Å². The van der Waals surface area contributed by atoms with Gasteiger partial charge in [-0.2, -0.15) is 0 Å². The van der Waals surface area contributed by atoms with Crippen LogP contribution in [-0.2, 0) is 19.2 Å². The number of ether oxygens (including phenoxy) is 1. The van der Waals surface area contributed by atoms with E-state index in [2.05, 4.69) is 0 Å². The molecule has 2 aromatic carbocycles. The number of anilines is 1. The summed E-state index contributed by atoms with van der Waals surface area (Å²) >= 11 is 6.02. The Balaban J connectivity index is 1.51. The maximum absolute atomic E-state index is 13.9. The number of phenolic OH excluding ortho intramolecular Hbond substituents is 1. The highest BCUT2D eigenvalue weighted by Gasteiger charge is 2.56. The van der Waals surface area contributed by atoms with Gasteiger partial charge < -0.3 is 9.84 Å². The number of hydrogen-bond donors (Lipinski definition) is 1. The van der Waals surface area contributed by atoms with Gasteiger partial charge >= 0.3 is 0 Å². The first-order valence-corrected chi connectivity index (χ1v) is 12.8. The van der Waals surface area contributed by atoms with Crippen molar-refractivity contribution >= 4 is 40.7 Å². The van der Waals surface area contributed by atoms with E-state index in [1.807, 2.05) is 6.08 Å². The molecule has 0 aromatic heterocycles. The number of phenols is 1. The minimum Gasteiger partial charge on any atom is -0.508 e. The Hall–Kier alpha value is -3.97. The molecular weight excluding hydrogens is 506 g/mol. The molecule has 4 unspecified atom stereocenters. The van der Waals surface area contributed by atoms with Crippen molar-refractivity contribution in [3.8, 4) is 11.5 Å². The lowest BCUT2D eigenvalue weighted by Crippen LogP contribution is -2.39. The summed E-state index contributed by atoms with van der Waals surface area (Å²) in [5.74, 6) is -3.24. The second-order valence-corrected chi connectivity index (χ2v) is 10.6. The second kappa shape index (κ2) is 8.81. The summed E-state index contributed by atoms with van der Waals surface area (Å²) in [5, 5.41) is 11.4. The predicted molar refractivity (Wildman–Crippen MR) is 140 cm³/mol. The van der Waals surface area contributed by atoms with Crippen molar-refractivity contribution < 1.29 is 29.0 Å². The lowest BCUT2D eigenvalue weighted by atomic mass is 9.59. The van der Waals surface area contributed by atoms with Crippen LogP contribution in [0.4, 0.5) is 5.69 Å². The molecule has 4 atom stereocenters. The number of ketones is 2. The zero-order valence-electron chi connectivity index (χ0n) is 20.7. The molecule has 1 aliphatic heterocycles. The lowest BCUT2D eigenvalue weighted by molar-refractivity contribution is -0.123. The molecule has 0 radical (unpaired) electrons. The van der Waals surface area contributed by atoms with Gasteiger partial charge in [-0.1, -0.05) is 23.3 Å². The van der Waals surface area contributed by atoms with Crippen LogP contribution < -0.4 is 9.64 Å². The molecule has 8 heteroatoms. The number of allylic oxidation sites excluding steroid dienone is 6. The fourth-order valence-corrected chi connectivity index (χ4v) is 6.60. The molecule has 0 bridgehead atoms. The molecular formula is C30H24ClNO6. The van der Waals surface area contributed by atoms with Gasteiger partial charge in [0.05, 0.1) is 24.6 Å². The Bertz CT molecular complexity index is 1530. The number of carbonyl (C=O) groups excluding carboxylic acids is 4. The Morgan fingerprint density at radius 3 is 2.45 bits per heavy atom. The number of fused-ring (bicyclic) bond motifs is 3. The number of hydrogen-bond acceptors (Lipinski definition) is 6. The highest BCUT2D eigenvalue weighted by Crippen LogP contribution is 2.56. The second-order valence-electron chi connectivity index (χ2n) is 10.1. The Kier molecular flexibility index (Phi) is 5.65. The number of halogens is 1. The zero-order chi connectivity index (χ0) is 26.9. The topological polar surface area (TPSA) is 101 Å². The summed E-state index contributed by atoms with van der Waals surface area (Å²) in [7, 11) is 1.50. The van der Waals surface area contributed by atoms with Gasteiger partial charge in [0.15, 0.2) is 11.6 Å². The van der Waals surface area contributed by atoms with E-state index in [0.29, 0.717) is 45.2 Å². The summed E-state index contributed by atoms with van der Waals surface area (Å²) in [6.07, 6.45) is 3.74. The van der Waals surface area contributed by atoms with Gasteiger partial charge in [0.1, 0.15) is 11.5 Å². The predicted octanol–water partition coefficient (Wildman–Crippen LogP) is 4.69. The third kappa shape index (κ3) is 3.49. The minimum atomic E-state index is -0.743. The van der Waals surface area contributed by atoms with Gasteiger partial charge in [-0.25, -0.2) is 0 Å². The normalized spacial score (nSPS) is 26.6. The molecule has 2 amide bonds. The average Bonchev–Trinajstić information content (AvgIpc) is 3.17. The van der Waals surface area contributed by atoms with Gasteiger partial charge in [-0.05, 0) is 74.2 Å². The number of carbonyl (C=O) groups is 4. The van der Waals surface area contributed by atoms with E-state index in [9.17, 15) is 24.3 Å². The number of imide groups is 1. The molecule has 6 rings (SSSR count). The molecule has 38 heavy (non-hydrogen) atoms. The summed E-state index contributed by atoms with van der Waals surface area (Å²) in [5.41, 5.74) is 2.62. The van der Waals surface area contributed by atoms with Crippen LogP contribution in [0.1, 0.15) is 31.2 Å². The highest BCUT2D eigenvalue weighted by atomic mass is 35.5. The Labute approximate surface area is 224 Å². The maximum atomic E-state index is 13.9. The van der Waals surface area contributed by atoms with Gasteiger partial charge in [-0.3, -0.25) is 24.1 Å². The SMILES string of the molecule is COc1ccc(O)c(C2C3=CCC4C(=O)N(c5ccc(Cl)cc5)C(=O)C4C3CC3=C2C(=O)C=C(C)C3=O)c1. The Morgan fingerprint density at radius 1 is 1.00 bits per heavy atom. The average molecular weight is 530 g/mol. The van der Waals surface area contributed by atoms with E-state index >= 15 is 0 Å². The summed E-state index contributed by atoms with van der Waals surface area (Å²) in [6, 6.07) is 11.3. The molecule has 1 N–H and O–H groups in total. The van der Waals surface area contributed by atoms with E-state index in [0.717, 1.165) is 5.57 Å². The van der Waals surface area contributed by atoms with Crippen LogP contribution in [0.25, 0.3) is 0 Å². The van der Waals surface area contributed by atoms with E-state index in [1.165, 1.54) is 24.2 Å². The summed E-state index contributed by atoms with van der Waals surface area (Å²) < 4.78 is 5.38. The number of methoxy groups -OCH3 is 1. The monoisotopic (exact) mass is 529 g/mol. The quantitative estimate of drug-likeness (QED) is 0.352. The molecule has 7 nitrogen and oxygen atoms in total. The van der Waals surface area contributed by atoms with Gasteiger partial charge in [0.25, 0.3) is 0 Å². The fourth-order valence-electron chi connectivity index (χ4n) is 6.47. The summed E-state index contributed by atoms with van der Waals surface area (Å²) in [4.78, 5) is 55.3. The third-order valence-electron chi connectivity index (χ3n) is 8.19. The molecule has 1 heterocycles. The molecule has 4 aliphatic rings. The van der Waals surface area contributed by atoms with Crippen molar-refractivity contribution in [2.75, 3.05) is 12.0 Å². The number of aromatic hydroxyl groups is 1. The van der Waals surface area contributed by atoms with Crippen LogP contribution in [0.5, 0.6) is 11.5 Å². The van der Waals surface area contributed by atoms with Gasteiger partial charge in [0.2, 0.25) is 11.8 Å². The molecule has 1 saturated heterocycles. The van der Waals surface area contributed by atoms with Crippen molar-refractivity contribution in [3.63, 3.8) is 0 Å². The van der Waals surface area contributed by atoms with Crippen molar-refractivity contribution in [2.45, 2.75) is 25.7 Å². The zero-order valence-corrected chi connectivity index (χ0v) is 21.5. The fraction of sp³-hybridized carbons (Fsp3) is 0.267. The van der Waals surface area contributed by atoms with Crippen molar-refractivity contribution in [1.82, 2.24) is 0 Å². The smallest absolute Gasteiger partial charge is 0.238 e. The van der Waals surface area contributed by atoms with Crippen LogP contribution in [0.3, 0.4) is 0 Å². The van der Waals surface area contributed by atoms with Crippen LogP contribution in [0.15, 0.2) is 76.9 Å². The standard InChI is InChI=1S/C30H24ClNO6/c1-14-11-24(34)27-22(28(14)35)13-20-18(25(27)21-12-17(38-2)7-10-23(21)33)8-9-19-26(20)30(37)32(29(19)36)16-5-3-15(31)4-6-16/h3-8,10-12,19-20,25-26,33H,9,13H2,1-2H3. The molecule has 0 saturated carbocycles. The minimum absolute atomic E-state index is 0.0468. The van der Waals surface area contributed by atoms with Crippen LogP contribution >= 0.6 is 11.6 Å². The van der Waals surface area contributed by atoms with Crippen molar-refractivity contribution in [1.29, 1.82) is 0 Å². The van der Waals surface area contributed by atoms with Crippen LogP contribution in [-0.4, -0.2) is 35.6 Å². The maximum Gasteiger partial charge on any atom is 0.238 e. The third-order valence-corrected chi connectivity index (χ3v) is 8.44. The van der Waals surface area contributed by atoms with E-state index in [1.54, 1.807) is 43.3 Å². The van der Waals surface area contributed by atoms with Crippen LogP contribution in [0, 0.1) is 17.8 Å². The van der Waals surface area contributed by atoms with E-state index < -0.39 is 23.7 Å². The van der Waals surface area contributed by atoms with E-state index in [-0.39, 0.29) is 35.6 Å². The number of benzene rings is 2. The first-order valence-electron chi connectivity index (χ1n) is 12.4. The van der Waals surface area contributed by atoms with Gasteiger partial charge in [0, 0.05) is 33.2 Å². The van der Waals surface area contributed by atoms with E-state index in [4.69, 9.17) is 16.3 Å². The lowest BCUT2D eigenvalue weighted by Gasteiger charge is -2.42. The van der Waals surface area contributed by atoms with Gasteiger partial charge in [-0.15, -0.1) is 0 Å². The molecule has 2 aromatic rings. The molecule has 192 valence electrons. The Morgan fingerprint density at radius 2 is 1.74 bits per heavy atom. The number of Topliss-reactive ketones (excluding diaryl/α,β-unsaturated/α-hetero) is 1. The van der Waals surface area contributed by atoms with Crippen molar-refractivity contribution in [2.24, 2.45) is 17.8 Å².